The fraction of sp³-hybridized carbons (Fsp3) is 0.533. The van der Waals surface area contributed by atoms with Crippen LogP contribution in [0.2, 0.25) is 0 Å². The van der Waals surface area contributed by atoms with Gasteiger partial charge in [0.15, 0.2) is 0 Å². The van der Waals surface area contributed by atoms with Crippen molar-refractivity contribution in [2.75, 3.05) is 14.1 Å². The van der Waals surface area contributed by atoms with Crippen LogP contribution in [0.3, 0.4) is 0 Å². The number of carbonyl (C=O) groups excluding carboxylic acids is 1. The summed E-state index contributed by atoms with van der Waals surface area (Å²) in [4.78, 5) is 13.4. The van der Waals surface area contributed by atoms with Gasteiger partial charge in [-0.05, 0) is 37.0 Å². The molecule has 0 unspecified atom stereocenters. The van der Waals surface area contributed by atoms with Crippen LogP contribution in [0.1, 0.15) is 36.9 Å². The Balaban J connectivity index is 1.99. The van der Waals surface area contributed by atoms with E-state index in [9.17, 15) is 4.79 Å². The van der Waals surface area contributed by atoms with Crippen LogP contribution in [0.15, 0.2) is 22.7 Å². The first kappa shape index (κ1) is 14.5. The molecule has 1 aliphatic carbocycles. The van der Waals surface area contributed by atoms with E-state index in [1.165, 1.54) is 15.6 Å². The average Bonchev–Trinajstić information content (AvgIpc) is 2.73. The SMILES string of the molecule is C[C@H](CC(=O)N(C)C)N[C@@H]1CCc2c(Br)cccc21. The zero-order chi connectivity index (χ0) is 14.0. The van der Waals surface area contributed by atoms with Crippen molar-refractivity contribution < 1.29 is 4.79 Å². The Labute approximate surface area is 123 Å². The Morgan fingerprint density at radius 3 is 2.95 bits per heavy atom. The summed E-state index contributed by atoms with van der Waals surface area (Å²) < 4.78 is 1.20. The van der Waals surface area contributed by atoms with Crippen molar-refractivity contribution in [1.82, 2.24) is 10.2 Å². The molecule has 2 atom stereocenters. The summed E-state index contributed by atoms with van der Waals surface area (Å²) in [6, 6.07) is 6.94. The number of nitrogens with one attached hydrogen (secondary N) is 1. The molecule has 0 spiro atoms. The predicted molar refractivity (Wildman–Crippen MR) is 81.1 cm³/mol. The van der Waals surface area contributed by atoms with Gasteiger partial charge in [0, 0.05) is 37.1 Å². The molecule has 0 heterocycles. The molecule has 2 rings (SSSR count). The van der Waals surface area contributed by atoms with Crippen molar-refractivity contribution in [2.24, 2.45) is 0 Å². The summed E-state index contributed by atoms with van der Waals surface area (Å²) in [6.07, 6.45) is 2.76. The fourth-order valence-corrected chi connectivity index (χ4v) is 3.21. The molecule has 0 aliphatic heterocycles. The zero-order valence-electron chi connectivity index (χ0n) is 11.7. The maximum Gasteiger partial charge on any atom is 0.223 e. The van der Waals surface area contributed by atoms with Gasteiger partial charge in [-0.3, -0.25) is 4.79 Å². The minimum atomic E-state index is 0.174. The van der Waals surface area contributed by atoms with Crippen LogP contribution in [0, 0.1) is 0 Å². The molecule has 0 radical (unpaired) electrons. The van der Waals surface area contributed by atoms with Crippen LogP contribution in [-0.4, -0.2) is 30.9 Å². The average molecular weight is 325 g/mol. The molecule has 19 heavy (non-hydrogen) atoms. The van der Waals surface area contributed by atoms with Gasteiger partial charge in [-0.1, -0.05) is 28.1 Å². The zero-order valence-corrected chi connectivity index (χ0v) is 13.3. The number of fused-ring (bicyclic) bond motifs is 1. The summed E-state index contributed by atoms with van der Waals surface area (Å²) in [5, 5.41) is 3.58. The molecule has 104 valence electrons. The number of carbonyl (C=O) groups is 1. The number of amides is 1. The van der Waals surface area contributed by atoms with Gasteiger partial charge in [0.2, 0.25) is 5.91 Å². The lowest BCUT2D eigenvalue weighted by atomic mass is 10.1. The molecular weight excluding hydrogens is 304 g/mol. The number of rotatable bonds is 4. The van der Waals surface area contributed by atoms with Gasteiger partial charge >= 0.3 is 0 Å². The Kier molecular flexibility index (Phi) is 4.63. The monoisotopic (exact) mass is 324 g/mol. The number of benzene rings is 1. The quantitative estimate of drug-likeness (QED) is 0.923. The first-order valence-corrected chi connectivity index (χ1v) is 7.52. The van der Waals surface area contributed by atoms with E-state index < -0.39 is 0 Å². The van der Waals surface area contributed by atoms with Gasteiger partial charge in [-0.15, -0.1) is 0 Å². The smallest absolute Gasteiger partial charge is 0.223 e. The number of hydrogen-bond acceptors (Lipinski definition) is 2. The van der Waals surface area contributed by atoms with Crippen molar-refractivity contribution in [1.29, 1.82) is 0 Å². The van der Waals surface area contributed by atoms with E-state index in [1.54, 1.807) is 19.0 Å². The summed E-state index contributed by atoms with van der Waals surface area (Å²) in [5.74, 6) is 0.174. The fourth-order valence-electron chi connectivity index (χ4n) is 2.63. The summed E-state index contributed by atoms with van der Waals surface area (Å²) in [6.45, 7) is 2.08. The lowest BCUT2D eigenvalue weighted by molar-refractivity contribution is -0.129. The topological polar surface area (TPSA) is 32.3 Å². The van der Waals surface area contributed by atoms with Gasteiger partial charge < -0.3 is 10.2 Å². The van der Waals surface area contributed by atoms with Crippen molar-refractivity contribution >= 4 is 21.8 Å². The highest BCUT2D eigenvalue weighted by Crippen LogP contribution is 2.35. The lowest BCUT2D eigenvalue weighted by Crippen LogP contribution is -2.35. The molecule has 4 heteroatoms. The van der Waals surface area contributed by atoms with E-state index in [-0.39, 0.29) is 11.9 Å². The minimum absolute atomic E-state index is 0.174. The van der Waals surface area contributed by atoms with E-state index in [2.05, 4.69) is 46.4 Å². The summed E-state index contributed by atoms with van der Waals surface area (Å²) in [7, 11) is 3.61. The van der Waals surface area contributed by atoms with Crippen LogP contribution in [0.4, 0.5) is 0 Å². The third kappa shape index (κ3) is 3.37. The van der Waals surface area contributed by atoms with Gasteiger partial charge in [-0.25, -0.2) is 0 Å². The van der Waals surface area contributed by atoms with E-state index in [0.29, 0.717) is 12.5 Å². The van der Waals surface area contributed by atoms with Crippen molar-refractivity contribution in [3.8, 4) is 0 Å². The second kappa shape index (κ2) is 6.06. The highest BCUT2D eigenvalue weighted by molar-refractivity contribution is 9.10. The molecule has 1 N–H and O–H groups in total. The normalized spacial score (nSPS) is 19.1. The van der Waals surface area contributed by atoms with Crippen molar-refractivity contribution in [3.63, 3.8) is 0 Å². The van der Waals surface area contributed by atoms with Crippen LogP contribution in [-0.2, 0) is 11.2 Å². The third-order valence-corrected chi connectivity index (χ3v) is 4.42. The summed E-state index contributed by atoms with van der Waals surface area (Å²) in [5.41, 5.74) is 2.78. The molecule has 1 aromatic rings. The summed E-state index contributed by atoms with van der Waals surface area (Å²) >= 11 is 3.61. The van der Waals surface area contributed by atoms with Crippen molar-refractivity contribution in [3.05, 3.63) is 33.8 Å². The first-order valence-electron chi connectivity index (χ1n) is 6.72. The van der Waals surface area contributed by atoms with E-state index in [0.717, 1.165) is 12.8 Å². The van der Waals surface area contributed by atoms with Crippen LogP contribution < -0.4 is 5.32 Å². The van der Waals surface area contributed by atoms with E-state index in [4.69, 9.17) is 0 Å². The number of hydrogen-bond donors (Lipinski definition) is 1. The Bertz CT molecular complexity index is 473. The maximum atomic E-state index is 11.7. The van der Waals surface area contributed by atoms with Gasteiger partial charge in [-0.2, -0.15) is 0 Å². The third-order valence-electron chi connectivity index (χ3n) is 3.68. The molecule has 0 saturated carbocycles. The first-order chi connectivity index (χ1) is 8.99. The highest BCUT2D eigenvalue weighted by Gasteiger charge is 2.25. The van der Waals surface area contributed by atoms with Crippen molar-refractivity contribution in [2.45, 2.75) is 38.3 Å². The molecule has 0 bridgehead atoms. The standard InChI is InChI=1S/C15H21BrN2O/c1-10(9-15(19)18(2)3)17-14-8-7-11-12(14)5-4-6-13(11)16/h4-6,10,14,17H,7-9H2,1-3H3/t10-,14-/m1/s1. The second-order valence-corrected chi connectivity index (χ2v) is 6.31. The van der Waals surface area contributed by atoms with E-state index >= 15 is 0 Å². The number of nitrogens with zero attached hydrogens (tertiary/aromatic N) is 1. The minimum Gasteiger partial charge on any atom is -0.349 e. The van der Waals surface area contributed by atoms with Crippen LogP contribution in [0.5, 0.6) is 0 Å². The molecule has 1 aliphatic rings. The Morgan fingerprint density at radius 1 is 1.53 bits per heavy atom. The molecule has 1 aromatic carbocycles. The molecule has 3 nitrogen and oxygen atoms in total. The molecule has 0 fully saturated rings. The second-order valence-electron chi connectivity index (χ2n) is 5.46. The predicted octanol–water partition coefficient (Wildman–Crippen LogP) is 2.89. The lowest BCUT2D eigenvalue weighted by Gasteiger charge is -2.21. The molecule has 0 saturated heterocycles. The maximum absolute atomic E-state index is 11.7. The van der Waals surface area contributed by atoms with Gasteiger partial charge in [0.05, 0.1) is 0 Å². The highest BCUT2D eigenvalue weighted by atomic mass is 79.9. The Hall–Kier alpha value is -0.870. The largest absolute Gasteiger partial charge is 0.349 e. The van der Waals surface area contributed by atoms with Gasteiger partial charge in [0.1, 0.15) is 0 Å². The Morgan fingerprint density at radius 2 is 2.26 bits per heavy atom. The molecular formula is C15H21BrN2O. The number of halogens is 1. The van der Waals surface area contributed by atoms with Crippen LogP contribution in [0.25, 0.3) is 0 Å². The van der Waals surface area contributed by atoms with Crippen LogP contribution >= 0.6 is 15.9 Å². The van der Waals surface area contributed by atoms with Gasteiger partial charge in [0.25, 0.3) is 0 Å². The molecule has 1 amide bonds. The molecule has 0 aromatic heterocycles. The van der Waals surface area contributed by atoms with E-state index in [1.807, 2.05) is 0 Å².